The zero-order valence-corrected chi connectivity index (χ0v) is 14.9. The molecule has 2 aromatic rings. The van der Waals surface area contributed by atoms with Gasteiger partial charge >= 0.3 is 0 Å². The highest BCUT2D eigenvalue weighted by molar-refractivity contribution is 5.78. The van der Waals surface area contributed by atoms with E-state index in [2.05, 4.69) is 16.5 Å². The van der Waals surface area contributed by atoms with E-state index in [9.17, 15) is 14.4 Å². The maximum atomic E-state index is 13.1. The smallest absolute Gasteiger partial charge is 0.223 e. The number of halogens is 1. The van der Waals surface area contributed by atoms with Crippen LogP contribution >= 0.6 is 0 Å². The van der Waals surface area contributed by atoms with Gasteiger partial charge in [-0.2, -0.15) is 10.4 Å². The molecule has 1 aromatic carbocycles. The van der Waals surface area contributed by atoms with Crippen molar-refractivity contribution in [2.45, 2.75) is 25.7 Å². The number of amides is 1. The summed E-state index contributed by atoms with van der Waals surface area (Å²) in [5.74, 6) is -0.0623. The van der Waals surface area contributed by atoms with Gasteiger partial charge in [-0.1, -0.05) is 0 Å². The zero-order chi connectivity index (χ0) is 19.2. The van der Waals surface area contributed by atoms with E-state index in [1.54, 1.807) is 12.1 Å². The summed E-state index contributed by atoms with van der Waals surface area (Å²) in [6.07, 6.45) is 2.66. The average Bonchev–Trinajstić information content (AvgIpc) is 3.01. The van der Waals surface area contributed by atoms with E-state index in [1.165, 1.54) is 16.8 Å². The van der Waals surface area contributed by atoms with Gasteiger partial charge in [-0.05, 0) is 49.9 Å². The largest absolute Gasteiger partial charge is 0.382 e. The Hall–Kier alpha value is -2.92. The quantitative estimate of drug-likeness (QED) is 0.755. The van der Waals surface area contributed by atoms with Crippen molar-refractivity contribution in [1.82, 2.24) is 15.1 Å². The lowest BCUT2D eigenvalue weighted by Gasteiger charge is -2.21. The number of nitrogens with one attached hydrogen (secondary N) is 1. The van der Waals surface area contributed by atoms with Gasteiger partial charge in [-0.15, -0.1) is 0 Å². The lowest BCUT2D eigenvalue weighted by molar-refractivity contribution is -0.127. The van der Waals surface area contributed by atoms with Gasteiger partial charge in [0.15, 0.2) is 0 Å². The molecule has 1 fully saturated rings. The first-order valence-corrected chi connectivity index (χ1v) is 8.99. The van der Waals surface area contributed by atoms with Gasteiger partial charge in [0.05, 0.1) is 11.4 Å². The van der Waals surface area contributed by atoms with Crippen LogP contribution in [0, 0.1) is 23.1 Å². The van der Waals surface area contributed by atoms with Gasteiger partial charge in [0.2, 0.25) is 5.91 Å². The minimum absolute atomic E-state index is 0.0155. The first-order chi connectivity index (χ1) is 13.1. The van der Waals surface area contributed by atoms with E-state index in [-0.39, 0.29) is 23.5 Å². The molecule has 27 heavy (non-hydrogen) atoms. The third kappa shape index (κ3) is 4.44. The molecule has 1 aliphatic rings. The number of rotatable bonds is 6. The fourth-order valence-electron chi connectivity index (χ4n) is 3.13. The molecule has 1 amide bonds. The van der Waals surface area contributed by atoms with Crippen molar-refractivity contribution in [3.63, 3.8) is 0 Å². The minimum Gasteiger partial charge on any atom is -0.382 e. The van der Waals surface area contributed by atoms with Crippen LogP contribution in [0.4, 0.5) is 10.2 Å². The van der Waals surface area contributed by atoms with Gasteiger partial charge < -0.3 is 15.8 Å². The highest BCUT2D eigenvalue weighted by Crippen LogP contribution is 2.22. The first kappa shape index (κ1) is 18.9. The zero-order valence-electron chi connectivity index (χ0n) is 14.9. The molecule has 1 aromatic heterocycles. The Balaban J connectivity index is 1.60. The number of anilines is 1. The number of nitrogen functional groups attached to an aromatic ring is 1. The van der Waals surface area contributed by atoms with Crippen LogP contribution in [0.5, 0.6) is 0 Å². The molecule has 0 aliphatic carbocycles. The molecule has 3 N–H and O–H groups in total. The minimum atomic E-state index is -0.356. The molecule has 1 aliphatic heterocycles. The maximum Gasteiger partial charge on any atom is 0.223 e. The van der Waals surface area contributed by atoms with E-state index in [4.69, 9.17) is 10.5 Å². The number of hydrogen-bond acceptors (Lipinski definition) is 5. The molecule has 1 saturated heterocycles. The van der Waals surface area contributed by atoms with Crippen molar-refractivity contribution in [2.75, 3.05) is 25.5 Å². The second-order valence-corrected chi connectivity index (χ2v) is 6.49. The van der Waals surface area contributed by atoms with E-state index < -0.39 is 0 Å². The van der Waals surface area contributed by atoms with Crippen molar-refractivity contribution in [3.05, 3.63) is 41.3 Å². The Morgan fingerprint density at radius 2 is 2.07 bits per heavy atom. The monoisotopic (exact) mass is 371 g/mol. The first-order valence-electron chi connectivity index (χ1n) is 8.99. The normalized spacial score (nSPS) is 14.7. The molecular formula is C19H22FN5O2. The molecule has 142 valence electrons. The van der Waals surface area contributed by atoms with Crippen LogP contribution in [0.25, 0.3) is 5.69 Å². The molecule has 0 spiro atoms. The molecule has 0 bridgehead atoms. The Morgan fingerprint density at radius 1 is 1.37 bits per heavy atom. The number of carbonyl (C=O) groups is 1. The van der Waals surface area contributed by atoms with Crippen molar-refractivity contribution in [3.8, 4) is 11.8 Å². The van der Waals surface area contributed by atoms with E-state index >= 15 is 0 Å². The van der Waals surface area contributed by atoms with Crippen LogP contribution in [0.15, 0.2) is 24.3 Å². The summed E-state index contributed by atoms with van der Waals surface area (Å²) in [6.45, 7) is 1.76. The van der Waals surface area contributed by atoms with Gasteiger partial charge in [0.1, 0.15) is 23.3 Å². The summed E-state index contributed by atoms with van der Waals surface area (Å²) in [4.78, 5) is 12.1. The fourth-order valence-corrected chi connectivity index (χ4v) is 3.13. The van der Waals surface area contributed by atoms with Crippen molar-refractivity contribution >= 4 is 11.7 Å². The topological polar surface area (TPSA) is 106 Å². The van der Waals surface area contributed by atoms with Crippen LogP contribution < -0.4 is 11.1 Å². The highest BCUT2D eigenvalue weighted by atomic mass is 19.1. The molecule has 0 unspecified atom stereocenters. The highest BCUT2D eigenvalue weighted by Gasteiger charge is 2.21. The molecule has 0 atom stereocenters. The lowest BCUT2D eigenvalue weighted by atomic mass is 9.99. The van der Waals surface area contributed by atoms with Crippen molar-refractivity contribution in [2.24, 2.45) is 5.92 Å². The Labute approximate surface area is 156 Å². The number of benzene rings is 1. The molecular weight excluding hydrogens is 349 g/mol. The van der Waals surface area contributed by atoms with Gasteiger partial charge in [-0.25, -0.2) is 9.07 Å². The number of aromatic nitrogens is 2. The SMILES string of the molecule is N#Cc1c(CCCNC(=O)C2CCOCC2)nn(-c2ccc(F)cc2)c1N. The standard InChI is InChI=1S/C19H22FN5O2/c20-14-3-5-15(6-4-14)25-18(22)16(12-21)17(24-25)2-1-9-23-19(26)13-7-10-27-11-8-13/h3-6,13H,1-2,7-11,22H2,(H,23,26). The number of nitrogens with two attached hydrogens (primary N) is 1. The number of carbonyl (C=O) groups excluding carboxylic acids is 1. The van der Waals surface area contributed by atoms with Crippen LogP contribution in [0.1, 0.15) is 30.5 Å². The number of nitrogens with zero attached hydrogens (tertiary/aromatic N) is 3. The second kappa shape index (κ2) is 8.64. The molecule has 8 heteroatoms. The van der Waals surface area contributed by atoms with E-state index in [0.29, 0.717) is 49.5 Å². The molecule has 0 saturated carbocycles. The van der Waals surface area contributed by atoms with E-state index in [0.717, 1.165) is 12.8 Å². The summed E-state index contributed by atoms with van der Waals surface area (Å²) < 4.78 is 19.8. The van der Waals surface area contributed by atoms with Crippen molar-refractivity contribution < 1.29 is 13.9 Å². The Kier molecular flexibility index (Phi) is 6.04. The third-order valence-electron chi connectivity index (χ3n) is 4.66. The number of aryl methyl sites for hydroxylation is 1. The Morgan fingerprint density at radius 3 is 2.74 bits per heavy atom. The predicted molar refractivity (Wildman–Crippen MR) is 97.5 cm³/mol. The van der Waals surface area contributed by atoms with Gasteiger partial charge in [0, 0.05) is 25.7 Å². The number of hydrogen-bond donors (Lipinski definition) is 2. The van der Waals surface area contributed by atoms with Crippen molar-refractivity contribution in [1.29, 1.82) is 5.26 Å². The maximum absolute atomic E-state index is 13.1. The molecule has 2 heterocycles. The van der Waals surface area contributed by atoms with E-state index in [1.807, 2.05) is 0 Å². The van der Waals surface area contributed by atoms with Crippen LogP contribution in [-0.4, -0.2) is 35.4 Å². The average molecular weight is 371 g/mol. The molecule has 3 rings (SSSR count). The summed E-state index contributed by atoms with van der Waals surface area (Å²) in [5, 5.41) is 16.7. The molecule has 0 radical (unpaired) electrons. The Bertz CT molecular complexity index is 835. The summed E-state index contributed by atoms with van der Waals surface area (Å²) in [6, 6.07) is 7.82. The fraction of sp³-hybridized carbons (Fsp3) is 0.421. The van der Waals surface area contributed by atoms with Gasteiger partial charge in [0.25, 0.3) is 0 Å². The third-order valence-corrected chi connectivity index (χ3v) is 4.66. The lowest BCUT2D eigenvalue weighted by Crippen LogP contribution is -2.34. The summed E-state index contributed by atoms with van der Waals surface area (Å²) in [5.41, 5.74) is 7.51. The van der Waals surface area contributed by atoms with Crippen LogP contribution in [0.2, 0.25) is 0 Å². The molecule has 7 nitrogen and oxygen atoms in total. The second-order valence-electron chi connectivity index (χ2n) is 6.49. The van der Waals surface area contributed by atoms with Gasteiger partial charge in [-0.3, -0.25) is 4.79 Å². The predicted octanol–water partition coefficient (Wildman–Crippen LogP) is 1.94. The number of ether oxygens (including phenoxy) is 1. The summed E-state index contributed by atoms with van der Waals surface area (Å²) >= 11 is 0. The van der Waals surface area contributed by atoms with Crippen LogP contribution in [0.3, 0.4) is 0 Å². The van der Waals surface area contributed by atoms with Crippen LogP contribution in [-0.2, 0) is 16.0 Å². The summed E-state index contributed by atoms with van der Waals surface area (Å²) in [7, 11) is 0. The number of nitriles is 1.